The minimum absolute atomic E-state index is 0.942. The van der Waals surface area contributed by atoms with E-state index in [1.165, 1.54) is 35.9 Å². The van der Waals surface area contributed by atoms with Crippen LogP contribution in [-0.2, 0) is 9.59 Å². The lowest BCUT2D eigenvalue weighted by Crippen LogP contribution is -2.25. The van der Waals surface area contributed by atoms with Gasteiger partial charge in [0.2, 0.25) is 0 Å². The van der Waals surface area contributed by atoms with Crippen LogP contribution in [0.25, 0.3) is 5.57 Å². The van der Waals surface area contributed by atoms with Gasteiger partial charge >= 0.3 is 11.9 Å². The third-order valence-corrected chi connectivity index (χ3v) is 5.28. The summed E-state index contributed by atoms with van der Waals surface area (Å²) in [7, 11) is 2.17. The molecule has 1 fully saturated rings. The summed E-state index contributed by atoms with van der Waals surface area (Å²) in [6, 6.07) is 0. The Morgan fingerprint density at radius 3 is 2.61 bits per heavy atom. The minimum Gasteiger partial charge on any atom is -0.473 e. The summed E-state index contributed by atoms with van der Waals surface area (Å²) in [5.74, 6) is -1.48. The molecule has 0 unspecified atom stereocenters. The largest absolute Gasteiger partial charge is 0.473 e. The number of likely N-dealkylation sites (N-methyl/N-ethyl adjacent to an activating group) is 1. The number of aliphatic carboxylic acids is 2. The van der Waals surface area contributed by atoms with Gasteiger partial charge in [-0.05, 0) is 37.8 Å². The van der Waals surface area contributed by atoms with Crippen LogP contribution in [0.3, 0.4) is 0 Å². The van der Waals surface area contributed by atoms with Gasteiger partial charge in [0.1, 0.15) is 10.7 Å². The molecular formula is C14H19N3O4S2. The van der Waals surface area contributed by atoms with Crippen LogP contribution in [0.4, 0.5) is 0 Å². The topological polar surface area (TPSA) is 104 Å². The van der Waals surface area contributed by atoms with E-state index < -0.39 is 11.9 Å². The van der Waals surface area contributed by atoms with Crippen molar-refractivity contribution in [1.82, 2.24) is 13.6 Å². The molecule has 1 saturated carbocycles. The maximum absolute atomic E-state index is 9.10. The molecule has 1 aliphatic heterocycles. The highest BCUT2D eigenvalue weighted by atomic mass is 32.2. The molecule has 2 heterocycles. The predicted molar refractivity (Wildman–Crippen MR) is 88.7 cm³/mol. The van der Waals surface area contributed by atoms with Gasteiger partial charge in [-0.25, -0.2) is 9.59 Å². The third kappa shape index (κ3) is 5.92. The van der Waals surface area contributed by atoms with Crippen LogP contribution >= 0.6 is 23.5 Å². The number of hydrogen-bond acceptors (Lipinski definition) is 7. The van der Waals surface area contributed by atoms with Gasteiger partial charge in [-0.3, -0.25) is 0 Å². The summed E-state index contributed by atoms with van der Waals surface area (Å²) in [5, 5.41) is 15.9. The second-order valence-electron chi connectivity index (χ2n) is 5.54. The van der Waals surface area contributed by atoms with E-state index >= 15 is 0 Å². The van der Waals surface area contributed by atoms with Gasteiger partial charge in [0.05, 0.1) is 11.7 Å². The first-order valence-corrected chi connectivity index (χ1v) is 8.98. The number of aromatic nitrogens is 2. The standard InChI is InChI=1S/C12H17N3S2.C2H2O4/c1-15-6-2-3-10(7-15)11-12(14-17-13-11)16-8-9-4-5-9;3-1(4)2(5)6/h3,9H,2,4-8H2,1H3;(H,3,4)(H,5,6). The van der Waals surface area contributed by atoms with E-state index in [1.807, 2.05) is 11.8 Å². The van der Waals surface area contributed by atoms with Crippen molar-refractivity contribution in [3.8, 4) is 0 Å². The van der Waals surface area contributed by atoms with Crippen LogP contribution in [-0.4, -0.2) is 61.7 Å². The zero-order chi connectivity index (χ0) is 16.8. The monoisotopic (exact) mass is 357 g/mol. The van der Waals surface area contributed by atoms with Crippen LogP contribution in [0.5, 0.6) is 0 Å². The molecule has 0 aromatic carbocycles. The van der Waals surface area contributed by atoms with Crippen LogP contribution in [0.2, 0.25) is 0 Å². The van der Waals surface area contributed by atoms with Crippen molar-refractivity contribution in [3.63, 3.8) is 0 Å². The number of hydrogen-bond donors (Lipinski definition) is 2. The van der Waals surface area contributed by atoms with Gasteiger partial charge in [0, 0.05) is 18.8 Å². The highest BCUT2D eigenvalue weighted by Gasteiger charge is 2.24. The first-order valence-electron chi connectivity index (χ1n) is 7.27. The molecule has 0 saturated heterocycles. The van der Waals surface area contributed by atoms with Crippen molar-refractivity contribution in [2.24, 2.45) is 5.92 Å². The normalized spacial score (nSPS) is 17.9. The molecule has 0 spiro atoms. The van der Waals surface area contributed by atoms with Gasteiger partial charge in [-0.2, -0.15) is 8.75 Å². The van der Waals surface area contributed by atoms with Gasteiger partial charge in [-0.1, -0.05) is 6.08 Å². The van der Waals surface area contributed by atoms with E-state index in [0.717, 1.165) is 36.1 Å². The zero-order valence-electron chi connectivity index (χ0n) is 12.8. The van der Waals surface area contributed by atoms with Crippen LogP contribution in [0.15, 0.2) is 11.1 Å². The number of rotatable bonds is 4. The fraction of sp³-hybridized carbons (Fsp3) is 0.571. The SMILES string of the molecule is CN1CCC=C(c2nsnc2SCC2CC2)C1.O=C(O)C(=O)O. The molecular weight excluding hydrogens is 338 g/mol. The third-order valence-electron chi connectivity index (χ3n) is 3.44. The van der Waals surface area contributed by atoms with Crippen LogP contribution in [0.1, 0.15) is 25.0 Å². The smallest absolute Gasteiger partial charge is 0.414 e. The highest BCUT2D eigenvalue weighted by molar-refractivity contribution is 7.99. The summed E-state index contributed by atoms with van der Waals surface area (Å²) in [5.41, 5.74) is 2.51. The Morgan fingerprint density at radius 1 is 1.35 bits per heavy atom. The van der Waals surface area contributed by atoms with Crippen molar-refractivity contribution in [2.75, 3.05) is 25.9 Å². The van der Waals surface area contributed by atoms with E-state index in [4.69, 9.17) is 19.8 Å². The van der Waals surface area contributed by atoms with Gasteiger partial charge in [0.25, 0.3) is 0 Å². The van der Waals surface area contributed by atoms with Crippen molar-refractivity contribution in [1.29, 1.82) is 0 Å². The minimum atomic E-state index is -1.82. The summed E-state index contributed by atoms with van der Waals surface area (Å²) < 4.78 is 8.94. The van der Waals surface area contributed by atoms with E-state index in [2.05, 4.69) is 26.8 Å². The molecule has 0 radical (unpaired) electrons. The molecule has 1 aliphatic carbocycles. The van der Waals surface area contributed by atoms with E-state index in [-0.39, 0.29) is 0 Å². The summed E-state index contributed by atoms with van der Waals surface area (Å²) in [6.45, 7) is 2.17. The van der Waals surface area contributed by atoms with Gasteiger partial charge in [-0.15, -0.1) is 11.8 Å². The number of carboxylic acids is 2. The molecule has 126 valence electrons. The Labute approximate surface area is 142 Å². The molecule has 0 bridgehead atoms. The molecule has 9 heteroatoms. The molecule has 2 N–H and O–H groups in total. The molecule has 23 heavy (non-hydrogen) atoms. The fourth-order valence-electron chi connectivity index (χ4n) is 2.02. The molecule has 0 amide bonds. The zero-order valence-corrected chi connectivity index (χ0v) is 14.4. The molecule has 1 aromatic rings. The summed E-state index contributed by atoms with van der Waals surface area (Å²) in [4.78, 5) is 20.6. The number of carbonyl (C=O) groups is 2. The predicted octanol–water partition coefficient (Wildman–Crippen LogP) is 1.91. The Balaban J connectivity index is 0.000000277. The molecule has 2 aliphatic rings. The Kier molecular flexibility index (Phi) is 6.55. The van der Waals surface area contributed by atoms with Crippen molar-refractivity contribution >= 4 is 41.0 Å². The summed E-state index contributed by atoms with van der Waals surface area (Å²) >= 11 is 3.25. The lowest BCUT2D eigenvalue weighted by Gasteiger charge is -2.22. The number of nitrogens with zero attached hydrogens (tertiary/aromatic N) is 3. The lowest BCUT2D eigenvalue weighted by molar-refractivity contribution is -0.159. The van der Waals surface area contributed by atoms with Crippen LogP contribution < -0.4 is 0 Å². The fourth-order valence-corrected chi connectivity index (χ4v) is 3.91. The second-order valence-corrected chi connectivity index (χ2v) is 7.08. The lowest BCUT2D eigenvalue weighted by atomic mass is 10.1. The second kappa shape index (κ2) is 8.42. The van der Waals surface area contributed by atoms with Gasteiger partial charge < -0.3 is 15.1 Å². The highest BCUT2D eigenvalue weighted by Crippen LogP contribution is 2.37. The van der Waals surface area contributed by atoms with Crippen molar-refractivity contribution in [2.45, 2.75) is 24.3 Å². The molecule has 1 aromatic heterocycles. The summed E-state index contributed by atoms with van der Waals surface area (Å²) in [6.07, 6.45) is 6.28. The Morgan fingerprint density at radius 2 is 2.04 bits per heavy atom. The number of thioether (sulfide) groups is 1. The maximum Gasteiger partial charge on any atom is 0.414 e. The molecule has 3 rings (SSSR count). The van der Waals surface area contributed by atoms with E-state index in [0.29, 0.717) is 0 Å². The van der Waals surface area contributed by atoms with E-state index in [9.17, 15) is 0 Å². The molecule has 0 atom stereocenters. The van der Waals surface area contributed by atoms with Gasteiger partial charge in [0.15, 0.2) is 0 Å². The average molecular weight is 357 g/mol. The first-order chi connectivity index (χ1) is 11.0. The Hall–Kier alpha value is -1.45. The number of carboxylic acid groups (broad SMARTS) is 2. The first kappa shape index (κ1) is 17.9. The molecule has 7 nitrogen and oxygen atoms in total. The van der Waals surface area contributed by atoms with E-state index in [1.54, 1.807) is 0 Å². The average Bonchev–Trinajstić information content (AvgIpc) is 3.22. The van der Waals surface area contributed by atoms with Crippen molar-refractivity contribution in [3.05, 3.63) is 11.8 Å². The quantitative estimate of drug-likeness (QED) is 0.622. The van der Waals surface area contributed by atoms with Crippen molar-refractivity contribution < 1.29 is 19.8 Å². The van der Waals surface area contributed by atoms with Crippen LogP contribution in [0, 0.1) is 5.92 Å². The maximum atomic E-state index is 9.10. The Bertz CT molecular complexity index is 587.